The second kappa shape index (κ2) is 11.4. The second-order valence-corrected chi connectivity index (χ2v) is 7.94. The third-order valence-corrected chi connectivity index (χ3v) is 5.63. The van der Waals surface area contributed by atoms with Crippen LogP contribution in [0.1, 0.15) is 36.9 Å². The minimum Gasteiger partial charge on any atom is -0.497 e. The number of hydrazone groups is 1. The number of methoxy groups -OCH3 is 3. The summed E-state index contributed by atoms with van der Waals surface area (Å²) in [6, 6.07) is 12.5. The fourth-order valence-corrected chi connectivity index (χ4v) is 3.73. The van der Waals surface area contributed by atoms with E-state index in [2.05, 4.69) is 10.4 Å². The highest BCUT2D eigenvalue weighted by Gasteiger charge is 2.34. The molecule has 0 spiro atoms. The Balaban J connectivity index is 1.90. The largest absolute Gasteiger partial charge is 0.497 e. The Morgan fingerprint density at radius 3 is 2.38 bits per heavy atom. The quantitative estimate of drug-likeness (QED) is 0.609. The maximum atomic E-state index is 13.3. The van der Waals surface area contributed by atoms with Crippen molar-refractivity contribution in [3.63, 3.8) is 0 Å². The van der Waals surface area contributed by atoms with E-state index in [9.17, 15) is 9.59 Å². The summed E-state index contributed by atoms with van der Waals surface area (Å²) in [5.41, 5.74) is 2.53. The van der Waals surface area contributed by atoms with E-state index in [1.54, 1.807) is 28.4 Å². The van der Waals surface area contributed by atoms with Crippen LogP contribution in [0.2, 0.25) is 0 Å². The van der Waals surface area contributed by atoms with Crippen LogP contribution in [0.3, 0.4) is 0 Å². The zero-order chi connectivity index (χ0) is 24.7. The zero-order valence-electron chi connectivity index (χ0n) is 20.3. The first-order valence-corrected chi connectivity index (χ1v) is 11.2. The molecule has 1 heterocycles. The van der Waals surface area contributed by atoms with Crippen molar-refractivity contribution >= 4 is 17.6 Å². The van der Waals surface area contributed by atoms with Gasteiger partial charge in [-0.3, -0.25) is 4.79 Å². The third kappa shape index (κ3) is 5.59. The molecule has 1 N–H and O–H groups in total. The van der Waals surface area contributed by atoms with E-state index in [4.69, 9.17) is 14.2 Å². The molecule has 0 fully saturated rings. The topological polar surface area (TPSA) is 92.7 Å². The molecule has 0 saturated carbocycles. The first-order chi connectivity index (χ1) is 16.4. The standard InChI is InChI=1S/C25H32N4O5/c1-6-13-26-25(31)28(2)16-24(30)29-21(18-9-12-22(33-4)23(14-18)34-5)15-20(27-29)17-7-10-19(32-3)11-8-17/h7-12,14,21H,6,13,15-16H2,1-5H3,(H,26,31). The Morgan fingerprint density at radius 2 is 1.76 bits per heavy atom. The highest BCUT2D eigenvalue weighted by Crippen LogP contribution is 2.37. The van der Waals surface area contributed by atoms with Gasteiger partial charge in [-0.1, -0.05) is 13.0 Å². The summed E-state index contributed by atoms with van der Waals surface area (Å²) in [5, 5.41) is 8.92. The molecule has 0 bridgehead atoms. The molecule has 0 radical (unpaired) electrons. The van der Waals surface area contributed by atoms with Gasteiger partial charge in [-0.2, -0.15) is 5.10 Å². The monoisotopic (exact) mass is 468 g/mol. The number of benzene rings is 2. The minimum atomic E-state index is -0.350. The number of nitrogens with zero attached hydrogens (tertiary/aromatic N) is 3. The van der Waals surface area contributed by atoms with Crippen molar-refractivity contribution in [2.45, 2.75) is 25.8 Å². The lowest BCUT2D eigenvalue weighted by atomic mass is 9.98. The average molecular weight is 469 g/mol. The van der Waals surface area contributed by atoms with E-state index in [1.807, 2.05) is 49.4 Å². The van der Waals surface area contributed by atoms with E-state index in [1.165, 1.54) is 9.91 Å². The van der Waals surface area contributed by atoms with Gasteiger partial charge >= 0.3 is 6.03 Å². The number of urea groups is 1. The predicted octanol–water partition coefficient (Wildman–Crippen LogP) is 3.44. The molecule has 3 amide bonds. The van der Waals surface area contributed by atoms with Gasteiger partial charge in [-0.25, -0.2) is 9.80 Å². The molecule has 0 aliphatic carbocycles. The van der Waals surface area contributed by atoms with Crippen LogP contribution in [0, 0.1) is 0 Å². The number of nitrogens with one attached hydrogen (secondary N) is 1. The Hall–Kier alpha value is -3.75. The number of rotatable bonds is 9. The van der Waals surface area contributed by atoms with E-state index in [0.29, 0.717) is 24.5 Å². The summed E-state index contributed by atoms with van der Waals surface area (Å²) < 4.78 is 16.1. The number of amides is 3. The van der Waals surface area contributed by atoms with E-state index < -0.39 is 0 Å². The highest BCUT2D eigenvalue weighted by molar-refractivity contribution is 6.03. The van der Waals surface area contributed by atoms with Crippen LogP contribution in [0.5, 0.6) is 17.2 Å². The molecule has 3 rings (SSSR count). The van der Waals surface area contributed by atoms with Crippen molar-refractivity contribution in [3.8, 4) is 17.2 Å². The first kappa shape index (κ1) is 24.9. The summed E-state index contributed by atoms with van der Waals surface area (Å²) in [5.74, 6) is 1.64. The number of ether oxygens (including phenoxy) is 3. The van der Waals surface area contributed by atoms with Gasteiger partial charge in [0, 0.05) is 20.0 Å². The van der Waals surface area contributed by atoms with Crippen LogP contribution in [-0.4, -0.2) is 69.0 Å². The van der Waals surface area contributed by atoms with Gasteiger partial charge in [-0.15, -0.1) is 0 Å². The molecule has 9 nitrogen and oxygen atoms in total. The van der Waals surface area contributed by atoms with Gasteiger partial charge in [-0.05, 0) is 53.9 Å². The SMILES string of the molecule is CCCNC(=O)N(C)CC(=O)N1N=C(c2ccc(OC)cc2)CC1c1ccc(OC)c(OC)c1. The highest BCUT2D eigenvalue weighted by atomic mass is 16.5. The number of hydrogen-bond acceptors (Lipinski definition) is 6. The van der Waals surface area contributed by atoms with Gasteiger partial charge < -0.3 is 24.4 Å². The third-order valence-electron chi connectivity index (χ3n) is 5.63. The van der Waals surface area contributed by atoms with Crippen molar-refractivity contribution in [2.24, 2.45) is 5.10 Å². The lowest BCUT2D eigenvalue weighted by molar-refractivity contribution is -0.133. The van der Waals surface area contributed by atoms with Crippen LogP contribution in [0.4, 0.5) is 4.79 Å². The summed E-state index contributed by atoms with van der Waals surface area (Å²) >= 11 is 0. The van der Waals surface area contributed by atoms with Crippen LogP contribution in [-0.2, 0) is 4.79 Å². The minimum absolute atomic E-state index is 0.0985. The van der Waals surface area contributed by atoms with Crippen LogP contribution >= 0.6 is 0 Å². The van der Waals surface area contributed by atoms with Gasteiger partial charge in [0.2, 0.25) is 0 Å². The van der Waals surface area contributed by atoms with Gasteiger partial charge in [0.25, 0.3) is 5.91 Å². The molecule has 1 atom stereocenters. The maximum Gasteiger partial charge on any atom is 0.317 e. The molecule has 1 aliphatic rings. The summed E-state index contributed by atoms with van der Waals surface area (Å²) in [4.78, 5) is 26.9. The Bertz CT molecular complexity index is 1040. The Labute approximate surface area is 200 Å². The molecular weight excluding hydrogens is 436 g/mol. The number of hydrogen-bond donors (Lipinski definition) is 1. The summed E-state index contributed by atoms with van der Waals surface area (Å²) in [6.45, 7) is 2.42. The van der Waals surface area contributed by atoms with Crippen molar-refractivity contribution < 1.29 is 23.8 Å². The van der Waals surface area contributed by atoms with Crippen LogP contribution in [0.25, 0.3) is 0 Å². The number of carbonyl (C=O) groups excluding carboxylic acids is 2. The molecule has 9 heteroatoms. The molecule has 1 aliphatic heterocycles. The van der Waals surface area contributed by atoms with Gasteiger partial charge in [0.15, 0.2) is 11.5 Å². The molecule has 2 aromatic carbocycles. The zero-order valence-corrected chi connectivity index (χ0v) is 20.3. The molecular formula is C25H32N4O5. The molecule has 1 unspecified atom stereocenters. The fourth-order valence-electron chi connectivity index (χ4n) is 3.73. The maximum absolute atomic E-state index is 13.3. The Morgan fingerprint density at radius 1 is 1.06 bits per heavy atom. The lowest BCUT2D eigenvalue weighted by Crippen LogP contribution is -2.43. The van der Waals surface area contributed by atoms with Crippen LogP contribution in [0.15, 0.2) is 47.6 Å². The Kier molecular flexibility index (Phi) is 8.34. The van der Waals surface area contributed by atoms with Gasteiger partial charge in [0.05, 0.1) is 33.1 Å². The smallest absolute Gasteiger partial charge is 0.317 e. The number of carbonyl (C=O) groups is 2. The molecule has 0 saturated heterocycles. The van der Waals surface area contributed by atoms with Crippen molar-refractivity contribution in [1.29, 1.82) is 0 Å². The molecule has 34 heavy (non-hydrogen) atoms. The van der Waals surface area contributed by atoms with Crippen molar-refractivity contribution in [2.75, 3.05) is 41.5 Å². The lowest BCUT2D eigenvalue weighted by Gasteiger charge is -2.25. The van der Waals surface area contributed by atoms with E-state index in [0.717, 1.165) is 29.0 Å². The molecule has 2 aromatic rings. The van der Waals surface area contributed by atoms with E-state index in [-0.39, 0.29) is 24.5 Å². The molecule has 182 valence electrons. The first-order valence-electron chi connectivity index (χ1n) is 11.2. The number of likely N-dealkylation sites (N-methyl/N-ethyl adjacent to an activating group) is 1. The molecule has 0 aromatic heterocycles. The summed E-state index contributed by atoms with van der Waals surface area (Å²) in [6.07, 6.45) is 1.33. The van der Waals surface area contributed by atoms with E-state index >= 15 is 0 Å². The fraction of sp³-hybridized carbons (Fsp3) is 0.400. The summed E-state index contributed by atoms with van der Waals surface area (Å²) in [7, 11) is 6.36. The predicted molar refractivity (Wildman–Crippen MR) is 130 cm³/mol. The van der Waals surface area contributed by atoms with Crippen LogP contribution < -0.4 is 19.5 Å². The van der Waals surface area contributed by atoms with Crippen molar-refractivity contribution in [3.05, 3.63) is 53.6 Å². The second-order valence-electron chi connectivity index (χ2n) is 7.94. The van der Waals surface area contributed by atoms with Crippen molar-refractivity contribution in [1.82, 2.24) is 15.2 Å². The van der Waals surface area contributed by atoms with Gasteiger partial charge in [0.1, 0.15) is 12.3 Å². The normalized spacial score (nSPS) is 14.9. The average Bonchev–Trinajstić information content (AvgIpc) is 3.32.